The maximum absolute atomic E-state index is 12.8. The van der Waals surface area contributed by atoms with Crippen LogP contribution < -0.4 is 0 Å². The van der Waals surface area contributed by atoms with E-state index in [0.717, 1.165) is 22.7 Å². The van der Waals surface area contributed by atoms with Crippen LogP contribution in [0.25, 0.3) is 17.2 Å². The van der Waals surface area contributed by atoms with Gasteiger partial charge >= 0.3 is 12.1 Å². The summed E-state index contributed by atoms with van der Waals surface area (Å²) in [6.07, 6.45) is 1.17. The molecule has 0 saturated carbocycles. The number of likely N-dealkylation sites (tertiary alicyclic amines) is 1. The fourth-order valence-corrected chi connectivity index (χ4v) is 4.78. The van der Waals surface area contributed by atoms with Crippen molar-refractivity contribution in [2.45, 2.75) is 43.7 Å². The lowest BCUT2D eigenvalue weighted by molar-refractivity contribution is -0.145. The minimum absolute atomic E-state index is 0.0318. The van der Waals surface area contributed by atoms with Crippen molar-refractivity contribution in [1.29, 1.82) is 0 Å². The predicted molar refractivity (Wildman–Crippen MR) is 132 cm³/mol. The number of esters is 1. The van der Waals surface area contributed by atoms with E-state index >= 15 is 0 Å². The van der Waals surface area contributed by atoms with Gasteiger partial charge < -0.3 is 14.6 Å². The summed E-state index contributed by atoms with van der Waals surface area (Å²) in [5.41, 5.74) is 2.09. The quantitative estimate of drug-likeness (QED) is 0.463. The largest absolute Gasteiger partial charge is 0.467 e. The Kier molecular flexibility index (Phi) is 7.44. The molecule has 6 nitrogen and oxygen atoms in total. The number of ether oxygens (including phenoxy) is 2. The van der Waals surface area contributed by atoms with Gasteiger partial charge in [0.15, 0.2) is 0 Å². The van der Waals surface area contributed by atoms with Gasteiger partial charge in [-0.15, -0.1) is 0 Å². The molecule has 1 aliphatic heterocycles. The fraction of sp³-hybridized carbons (Fsp3) is 0.385. The molecule has 2 aromatic carbocycles. The Bertz CT molecular complexity index is 1020. The van der Waals surface area contributed by atoms with Crippen LogP contribution in [0.2, 0.25) is 25.7 Å². The first kappa shape index (κ1) is 24.7. The van der Waals surface area contributed by atoms with Gasteiger partial charge in [-0.3, -0.25) is 4.90 Å². The lowest BCUT2D eigenvalue weighted by Crippen LogP contribution is -2.42. The number of rotatable bonds is 7. The molecule has 33 heavy (non-hydrogen) atoms. The van der Waals surface area contributed by atoms with Crippen molar-refractivity contribution in [1.82, 2.24) is 4.90 Å². The van der Waals surface area contributed by atoms with Gasteiger partial charge in [-0.2, -0.15) is 0 Å². The Labute approximate surface area is 196 Å². The second-order valence-corrected chi connectivity index (χ2v) is 15.3. The maximum atomic E-state index is 12.8. The number of nitrogens with zero attached hydrogens (tertiary/aromatic N) is 1. The van der Waals surface area contributed by atoms with E-state index in [1.807, 2.05) is 48.5 Å². The molecule has 0 aliphatic carbocycles. The number of aliphatic hydroxyl groups is 1. The molecule has 0 radical (unpaired) electrons. The van der Waals surface area contributed by atoms with Crippen LogP contribution in [0.5, 0.6) is 0 Å². The number of hydrogen-bond donors (Lipinski definition) is 1. The van der Waals surface area contributed by atoms with Gasteiger partial charge in [-0.25, -0.2) is 9.59 Å². The molecule has 3 rings (SSSR count). The van der Waals surface area contributed by atoms with E-state index in [4.69, 9.17) is 9.47 Å². The minimum atomic E-state index is -1.41. The first-order valence-corrected chi connectivity index (χ1v) is 14.8. The van der Waals surface area contributed by atoms with E-state index in [-0.39, 0.29) is 13.0 Å². The Morgan fingerprint density at radius 1 is 1.21 bits per heavy atom. The molecule has 0 unspecified atom stereocenters. The third kappa shape index (κ3) is 5.72. The molecule has 0 spiro atoms. The van der Waals surface area contributed by atoms with E-state index < -0.39 is 31.8 Å². The van der Waals surface area contributed by atoms with Crippen LogP contribution in [-0.4, -0.2) is 56.4 Å². The maximum Gasteiger partial charge on any atom is 0.410 e. The molecule has 1 saturated heterocycles. The Hall–Kier alpha value is -2.90. The number of β-amino-alcohol motifs (C(OH)–C–C–N with tert-alkyl or cyclic N) is 1. The highest BCUT2D eigenvalue weighted by Crippen LogP contribution is 2.39. The van der Waals surface area contributed by atoms with Crippen molar-refractivity contribution in [3.8, 4) is 11.1 Å². The highest BCUT2D eigenvalue weighted by Gasteiger charge is 2.50. The van der Waals surface area contributed by atoms with E-state index in [0.29, 0.717) is 12.2 Å². The van der Waals surface area contributed by atoms with Crippen molar-refractivity contribution >= 4 is 26.2 Å². The van der Waals surface area contributed by atoms with Crippen LogP contribution >= 0.6 is 0 Å². The van der Waals surface area contributed by atoms with Gasteiger partial charge in [0, 0.05) is 14.5 Å². The number of carbonyl (C=O) groups excluding carboxylic acids is 2. The molecule has 2 atom stereocenters. The summed E-state index contributed by atoms with van der Waals surface area (Å²) >= 11 is 0. The van der Waals surface area contributed by atoms with Crippen LogP contribution in [0.1, 0.15) is 17.5 Å². The molecule has 1 fully saturated rings. The van der Waals surface area contributed by atoms with E-state index in [9.17, 15) is 14.7 Å². The second-order valence-electron chi connectivity index (χ2n) is 9.70. The van der Waals surface area contributed by atoms with Crippen molar-refractivity contribution in [2.75, 3.05) is 20.3 Å². The second kappa shape index (κ2) is 9.93. The van der Waals surface area contributed by atoms with Crippen molar-refractivity contribution in [3.63, 3.8) is 0 Å². The van der Waals surface area contributed by atoms with Gasteiger partial charge in [0.2, 0.25) is 0 Å². The molecule has 0 bridgehead atoms. The van der Waals surface area contributed by atoms with Gasteiger partial charge in [0.1, 0.15) is 11.6 Å². The number of carbonyl (C=O) groups is 2. The third-order valence-electron chi connectivity index (χ3n) is 6.02. The molecule has 1 heterocycles. The zero-order valence-electron chi connectivity index (χ0n) is 19.8. The number of hydrogen-bond acceptors (Lipinski definition) is 5. The summed E-state index contributed by atoms with van der Waals surface area (Å²) in [7, 11) is -0.104. The topological polar surface area (TPSA) is 76.1 Å². The number of amides is 1. The molecule has 176 valence electrons. The minimum Gasteiger partial charge on any atom is -0.467 e. The molecule has 2 aromatic rings. The highest BCUT2D eigenvalue weighted by atomic mass is 28.3. The van der Waals surface area contributed by atoms with Crippen LogP contribution in [-0.2, 0) is 19.9 Å². The van der Waals surface area contributed by atoms with Gasteiger partial charge in [-0.1, -0.05) is 74.8 Å². The fourth-order valence-electron chi connectivity index (χ4n) is 4.06. The molecule has 1 aliphatic rings. The highest BCUT2D eigenvalue weighted by molar-refractivity contribution is 6.76. The van der Waals surface area contributed by atoms with Crippen LogP contribution in [0.3, 0.4) is 0 Å². The van der Waals surface area contributed by atoms with Crippen molar-refractivity contribution < 1.29 is 24.2 Å². The zero-order chi connectivity index (χ0) is 24.2. The number of benzene rings is 2. The molecule has 1 N–H and O–H groups in total. The molecule has 0 aromatic heterocycles. The summed E-state index contributed by atoms with van der Waals surface area (Å²) in [6.45, 7) is 10.8. The van der Waals surface area contributed by atoms with Crippen molar-refractivity contribution in [3.05, 3.63) is 66.2 Å². The summed E-state index contributed by atoms with van der Waals surface area (Å²) in [6, 6.07) is 15.5. The van der Waals surface area contributed by atoms with Gasteiger partial charge in [0.25, 0.3) is 0 Å². The molecular formula is C26H33NO5Si. The Morgan fingerprint density at radius 2 is 1.91 bits per heavy atom. The summed E-state index contributed by atoms with van der Waals surface area (Å²) in [4.78, 5) is 26.6. The van der Waals surface area contributed by atoms with E-state index in [1.165, 1.54) is 12.0 Å². The third-order valence-corrected chi connectivity index (χ3v) is 7.72. The molecule has 1 amide bonds. The standard InChI is InChI=1S/C26H33NO5Si/c1-6-19-16-21(12-13-22(19)20-10-8-7-9-11-20)26(30)17-23(24(28)31-2)27(18-26)25(29)32-14-15-33(3,4)5/h6-13,16,23,30H,1,14-15,17-18H2,2-5H3/t23-,26-/m0/s1. The first-order valence-electron chi connectivity index (χ1n) is 11.1. The predicted octanol–water partition coefficient (Wildman–Crippen LogP) is 4.91. The normalized spacial score (nSPS) is 20.4. The van der Waals surface area contributed by atoms with Crippen molar-refractivity contribution in [2.24, 2.45) is 0 Å². The summed E-state index contributed by atoms with van der Waals surface area (Å²) in [5.74, 6) is -0.571. The van der Waals surface area contributed by atoms with Crippen LogP contribution in [0.15, 0.2) is 55.1 Å². The SMILES string of the molecule is C=Cc1cc([C@]2(O)C[C@@H](C(=O)OC)N(C(=O)OCC[Si](C)(C)C)C2)ccc1-c1ccccc1. The Morgan fingerprint density at radius 3 is 2.52 bits per heavy atom. The first-order chi connectivity index (χ1) is 15.6. The van der Waals surface area contributed by atoms with E-state index in [1.54, 1.807) is 6.08 Å². The molecule has 7 heteroatoms. The summed E-state index contributed by atoms with van der Waals surface area (Å²) < 4.78 is 10.4. The number of methoxy groups -OCH3 is 1. The lowest BCUT2D eigenvalue weighted by Gasteiger charge is -2.25. The lowest BCUT2D eigenvalue weighted by atomic mass is 9.87. The van der Waals surface area contributed by atoms with Gasteiger partial charge in [0.05, 0.1) is 20.3 Å². The summed E-state index contributed by atoms with van der Waals surface area (Å²) in [5, 5.41) is 11.5. The smallest absolute Gasteiger partial charge is 0.410 e. The van der Waals surface area contributed by atoms with Crippen LogP contribution in [0, 0.1) is 0 Å². The van der Waals surface area contributed by atoms with E-state index in [2.05, 4.69) is 26.2 Å². The molecular weight excluding hydrogens is 434 g/mol. The monoisotopic (exact) mass is 467 g/mol. The zero-order valence-corrected chi connectivity index (χ0v) is 20.8. The Balaban J connectivity index is 1.87. The van der Waals surface area contributed by atoms with Gasteiger partial charge in [-0.05, 0) is 34.4 Å². The average molecular weight is 468 g/mol. The average Bonchev–Trinajstić information content (AvgIpc) is 3.17. The van der Waals surface area contributed by atoms with Crippen LogP contribution in [0.4, 0.5) is 4.79 Å².